The fourth-order valence-electron chi connectivity index (χ4n) is 2.66. The van der Waals surface area contributed by atoms with Crippen LogP contribution >= 0.6 is 0 Å². The van der Waals surface area contributed by atoms with Crippen molar-refractivity contribution in [1.29, 1.82) is 0 Å². The summed E-state index contributed by atoms with van der Waals surface area (Å²) >= 11 is 0. The van der Waals surface area contributed by atoms with Crippen molar-refractivity contribution in [3.63, 3.8) is 0 Å². The fraction of sp³-hybridized carbons (Fsp3) is 0.571. The smallest absolute Gasteiger partial charge is 0.399 e. The third-order valence-electron chi connectivity index (χ3n) is 3.75. The molecular formula is C14H19F3N2. The molecule has 1 aliphatic rings. The van der Waals surface area contributed by atoms with Crippen LogP contribution in [0, 0.1) is 5.92 Å². The van der Waals surface area contributed by atoms with Crippen LogP contribution in [0.5, 0.6) is 0 Å². The molecule has 2 atom stereocenters. The van der Waals surface area contributed by atoms with Gasteiger partial charge in [-0.1, -0.05) is 6.92 Å². The summed E-state index contributed by atoms with van der Waals surface area (Å²) in [6.45, 7) is 4.71. The summed E-state index contributed by atoms with van der Waals surface area (Å²) in [5, 5.41) is 0. The van der Waals surface area contributed by atoms with Crippen molar-refractivity contribution in [3.8, 4) is 0 Å². The Kier molecular flexibility index (Phi) is 3.65. The summed E-state index contributed by atoms with van der Waals surface area (Å²) in [6.07, 6.45) is -2.39. The van der Waals surface area contributed by atoms with Gasteiger partial charge in [-0.2, -0.15) is 13.2 Å². The van der Waals surface area contributed by atoms with Crippen molar-refractivity contribution in [2.45, 2.75) is 38.9 Å². The molecule has 1 aromatic rings. The molecule has 1 aromatic carbocycles. The number of nitrogens with zero attached hydrogens (tertiary/aromatic N) is 1. The van der Waals surface area contributed by atoms with Gasteiger partial charge in [0.2, 0.25) is 0 Å². The molecule has 106 valence electrons. The van der Waals surface area contributed by atoms with Crippen LogP contribution in [0.2, 0.25) is 0 Å². The van der Waals surface area contributed by atoms with E-state index in [1.54, 1.807) is 0 Å². The Morgan fingerprint density at radius 1 is 1.21 bits per heavy atom. The molecule has 0 aliphatic carbocycles. The van der Waals surface area contributed by atoms with Gasteiger partial charge in [0.25, 0.3) is 0 Å². The lowest BCUT2D eigenvalue weighted by molar-refractivity contribution is -0.137. The lowest BCUT2D eigenvalue weighted by atomic mass is 9.93. The highest BCUT2D eigenvalue weighted by Gasteiger charge is 2.36. The number of anilines is 2. The average Bonchev–Trinajstić information content (AvgIpc) is 2.31. The Morgan fingerprint density at radius 3 is 2.53 bits per heavy atom. The Labute approximate surface area is 111 Å². The summed E-state index contributed by atoms with van der Waals surface area (Å²) in [5.74, 6) is 0.412. The van der Waals surface area contributed by atoms with Crippen LogP contribution in [0.4, 0.5) is 24.5 Å². The van der Waals surface area contributed by atoms with Crippen molar-refractivity contribution < 1.29 is 13.2 Å². The quantitative estimate of drug-likeness (QED) is 0.785. The number of alkyl halides is 3. The Bertz CT molecular complexity index is 456. The van der Waals surface area contributed by atoms with E-state index in [9.17, 15) is 13.2 Å². The highest BCUT2D eigenvalue weighted by atomic mass is 19.4. The summed E-state index contributed by atoms with van der Waals surface area (Å²) < 4.78 is 39.4. The van der Waals surface area contributed by atoms with Gasteiger partial charge in [-0.3, -0.25) is 0 Å². The van der Waals surface area contributed by atoms with Gasteiger partial charge in [-0.25, -0.2) is 0 Å². The normalized spacial score (nSPS) is 24.6. The van der Waals surface area contributed by atoms with Crippen LogP contribution in [-0.4, -0.2) is 12.6 Å². The molecule has 0 radical (unpaired) electrons. The number of piperidine rings is 1. The van der Waals surface area contributed by atoms with Crippen LogP contribution < -0.4 is 10.6 Å². The van der Waals surface area contributed by atoms with E-state index in [2.05, 4.69) is 6.92 Å². The first-order valence-electron chi connectivity index (χ1n) is 6.52. The molecule has 1 aliphatic heterocycles. The Morgan fingerprint density at radius 2 is 1.89 bits per heavy atom. The Hall–Kier alpha value is -1.39. The highest BCUT2D eigenvalue weighted by Crippen LogP contribution is 2.40. The number of nitrogen functional groups attached to an aromatic ring is 1. The standard InChI is InChI=1S/C14H19F3N2/c1-9-3-4-10(2)19(8-9)13-6-5-11(18)7-12(13)14(15,16)17/h5-7,9-10H,3-4,8,18H2,1-2H3. The van der Waals surface area contributed by atoms with Crippen LogP contribution in [0.1, 0.15) is 32.3 Å². The lowest BCUT2D eigenvalue weighted by Gasteiger charge is -2.39. The average molecular weight is 272 g/mol. The molecule has 2 N–H and O–H groups in total. The van der Waals surface area contributed by atoms with Gasteiger partial charge in [0.1, 0.15) is 0 Å². The number of rotatable bonds is 1. The molecule has 0 saturated carbocycles. The zero-order chi connectivity index (χ0) is 14.2. The van der Waals surface area contributed by atoms with Gasteiger partial charge in [0, 0.05) is 24.0 Å². The maximum atomic E-state index is 13.1. The maximum absolute atomic E-state index is 13.1. The number of nitrogens with two attached hydrogens (primary N) is 1. The summed E-state index contributed by atoms with van der Waals surface area (Å²) in [5.41, 5.74) is 5.26. The summed E-state index contributed by atoms with van der Waals surface area (Å²) in [7, 11) is 0. The zero-order valence-corrected chi connectivity index (χ0v) is 11.2. The molecule has 5 heteroatoms. The van der Waals surface area contributed by atoms with E-state index in [4.69, 9.17) is 5.73 Å². The van der Waals surface area contributed by atoms with Gasteiger partial charge < -0.3 is 10.6 Å². The third kappa shape index (κ3) is 2.96. The second kappa shape index (κ2) is 4.94. The molecule has 0 spiro atoms. The van der Waals surface area contributed by atoms with Crippen LogP contribution in [-0.2, 0) is 6.18 Å². The first kappa shape index (κ1) is 14.0. The predicted molar refractivity (Wildman–Crippen MR) is 71.1 cm³/mol. The van der Waals surface area contributed by atoms with Gasteiger partial charge in [-0.05, 0) is 43.9 Å². The van der Waals surface area contributed by atoms with Crippen molar-refractivity contribution in [2.75, 3.05) is 17.2 Å². The van der Waals surface area contributed by atoms with Gasteiger partial charge in [0.05, 0.1) is 5.56 Å². The Balaban J connectivity index is 2.43. The van der Waals surface area contributed by atoms with E-state index in [0.29, 0.717) is 12.5 Å². The number of hydrogen-bond donors (Lipinski definition) is 1. The van der Waals surface area contributed by atoms with Gasteiger partial charge >= 0.3 is 6.18 Å². The molecule has 0 aromatic heterocycles. The minimum absolute atomic E-state index is 0.126. The predicted octanol–water partition coefficient (Wildman–Crippen LogP) is 3.91. The molecule has 2 nitrogen and oxygen atoms in total. The molecule has 1 saturated heterocycles. The van der Waals surface area contributed by atoms with E-state index in [1.165, 1.54) is 12.1 Å². The first-order valence-corrected chi connectivity index (χ1v) is 6.52. The van der Waals surface area contributed by atoms with Crippen LogP contribution in [0.15, 0.2) is 18.2 Å². The van der Waals surface area contributed by atoms with Crippen molar-refractivity contribution in [1.82, 2.24) is 0 Å². The number of benzene rings is 1. The zero-order valence-electron chi connectivity index (χ0n) is 11.2. The minimum Gasteiger partial charge on any atom is -0.399 e. The van der Waals surface area contributed by atoms with Gasteiger partial charge in [-0.15, -0.1) is 0 Å². The van der Waals surface area contributed by atoms with E-state index in [1.807, 2.05) is 11.8 Å². The van der Waals surface area contributed by atoms with E-state index < -0.39 is 11.7 Å². The minimum atomic E-state index is -4.37. The monoisotopic (exact) mass is 272 g/mol. The topological polar surface area (TPSA) is 29.3 Å². The number of halogens is 3. The molecule has 1 heterocycles. The second-order valence-electron chi connectivity index (χ2n) is 5.46. The SMILES string of the molecule is CC1CCC(C)N(c2ccc(N)cc2C(F)(F)F)C1. The highest BCUT2D eigenvalue weighted by molar-refractivity contribution is 5.61. The first-order chi connectivity index (χ1) is 8.79. The molecule has 1 fully saturated rings. The van der Waals surface area contributed by atoms with Crippen molar-refractivity contribution in [2.24, 2.45) is 5.92 Å². The van der Waals surface area contributed by atoms with E-state index in [0.717, 1.165) is 18.9 Å². The second-order valence-corrected chi connectivity index (χ2v) is 5.46. The van der Waals surface area contributed by atoms with E-state index >= 15 is 0 Å². The van der Waals surface area contributed by atoms with Crippen LogP contribution in [0.25, 0.3) is 0 Å². The molecule has 2 rings (SSSR count). The number of hydrogen-bond acceptors (Lipinski definition) is 2. The molecule has 19 heavy (non-hydrogen) atoms. The molecule has 0 amide bonds. The third-order valence-corrected chi connectivity index (χ3v) is 3.75. The lowest BCUT2D eigenvalue weighted by Crippen LogP contribution is -2.42. The summed E-state index contributed by atoms with van der Waals surface area (Å²) in [4.78, 5) is 1.86. The summed E-state index contributed by atoms with van der Waals surface area (Å²) in [6, 6.07) is 4.19. The maximum Gasteiger partial charge on any atom is 0.418 e. The molecule has 0 bridgehead atoms. The van der Waals surface area contributed by atoms with Crippen LogP contribution in [0.3, 0.4) is 0 Å². The fourth-order valence-corrected chi connectivity index (χ4v) is 2.66. The molecule has 2 unspecified atom stereocenters. The van der Waals surface area contributed by atoms with Crippen molar-refractivity contribution >= 4 is 11.4 Å². The molecular weight excluding hydrogens is 253 g/mol. The van der Waals surface area contributed by atoms with Gasteiger partial charge in [0.15, 0.2) is 0 Å². The van der Waals surface area contributed by atoms with Crippen molar-refractivity contribution in [3.05, 3.63) is 23.8 Å². The van der Waals surface area contributed by atoms with E-state index in [-0.39, 0.29) is 17.4 Å². The largest absolute Gasteiger partial charge is 0.418 e.